The summed E-state index contributed by atoms with van der Waals surface area (Å²) in [6.45, 7) is 0.457. The van der Waals surface area contributed by atoms with E-state index >= 15 is 0 Å². The highest BCUT2D eigenvalue weighted by Gasteiger charge is 2.34. The van der Waals surface area contributed by atoms with Crippen molar-refractivity contribution in [1.82, 2.24) is 4.90 Å². The Hall–Kier alpha value is -0.970. The number of benzene rings is 1. The molecular weight excluding hydrogens is 277 g/mol. The summed E-state index contributed by atoms with van der Waals surface area (Å²) < 4.78 is 0. The maximum Gasteiger partial charge on any atom is 0.407 e. The Morgan fingerprint density at radius 1 is 1.39 bits per heavy atom. The lowest BCUT2D eigenvalue weighted by atomic mass is 10.0. The van der Waals surface area contributed by atoms with E-state index in [9.17, 15) is 9.90 Å². The molecule has 1 heterocycles. The molecule has 0 aromatic heterocycles. The fourth-order valence-corrected chi connectivity index (χ4v) is 2.58. The Morgan fingerprint density at radius 2 is 2.11 bits per heavy atom. The van der Waals surface area contributed by atoms with Gasteiger partial charge in [-0.3, -0.25) is 0 Å². The maximum absolute atomic E-state index is 11.0. The molecule has 2 atom stereocenters. The van der Waals surface area contributed by atoms with Crippen LogP contribution in [0.1, 0.15) is 24.5 Å². The van der Waals surface area contributed by atoms with Gasteiger partial charge >= 0.3 is 6.09 Å². The lowest BCUT2D eigenvalue weighted by Crippen LogP contribution is -2.38. The van der Waals surface area contributed by atoms with E-state index in [1.165, 1.54) is 4.90 Å². The third kappa shape index (κ3) is 2.55. The first-order chi connectivity index (χ1) is 8.50. The quantitative estimate of drug-likeness (QED) is 0.879. The Morgan fingerprint density at radius 3 is 2.72 bits per heavy atom. The fourth-order valence-electron chi connectivity index (χ4n) is 2.28. The van der Waals surface area contributed by atoms with Crippen molar-refractivity contribution >= 4 is 29.3 Å². The second-order valence-electron chi connectivity index (χ2n) is 4.30. The highest BCUT2D eigenvalue weighted by atomic mass is 35.5. The van der Waals surface area contributed by atoms with Gasteiger partial charge in [0, 0.05) is 6.54 Å². The van der Waals surface area contributed by atoms with Crippen LogP contribution in [0.4, 0.5) is 4.79 Å². The van der Waals surface area contributed by atoms with Crippen molar-refractivity contribution in [1.29, 1.82) is 0 Å². The first-order valence-electron chi connectivity index (χ1n) is 5.63. The van der Waals surface area contributed by atoms with E-state index in [0.717, 1.165) is 6.42 Å². The summed E-state index contributed by atoms with van der Waals surface area (Å²) in [6, 6.07) is 4.42. The fraction of sp³-hybridized carbons (Fsp3) is 0.417. The monoisotopic (exact) mass is 289 g/mol. The second-order valence-corrected chi connectivity index (χ2v) is 5.12. The number of aliphatic hydroxyl groups is 1. The van der Waals surface area contributed by atoms with Gasteiger partial charge in [0.1, 0.15) is 0 Å². The number of carboxylic acid groups (broad SMARTS) is 1. The number of likely N-dealkylation sites (tertiary alicyclic amines) is 1. The number of amides is 1. The van der Waals surface area contributed by atoms with Crippen LogP contribution in [-0.4, -0.2) is 33.8 Å². The van der Waals surface area contributed by atoms with Crippen LogP contribution in [-0.2, 0) is 0 Å². The van der Waals surface area contributed by atoms with Gasteiger partial charge in [-0.15, -0.1) is 0 Å². The third-order valence-electron chi connectivity index (χ3n) is 3.19. The van der Waals surface area contributed by atoms with Crippen LogP contribution in [0.15, 0.2) is 18.2 Å². The van der Waals surface area contributed by atoms with E-state index in [2.05, 4.69) is 0 Å². The van der Waals surface area contributed by atoms with Crippen LogP contribution in [0.25, 0.3) is 0 Å². The number of nitrogens with zero attached hydrogens (tertiary/aromatic N) is 1. The number of rotatable bonds is 2. The summed E-state index contributed by atoms with van der Waals surface area (Å²) in [4.78, 5) is 12.3. The predicted octanol–water partition coefficient (Wildman–Crippen LogP) is 3.17. The molecule has 4 nitrogen and oxygen atoms in total. The van der Waals surface area contributed by atoms with E-state index in [4.69, 9.17) is 28.3 Å². The van der Waals surface area contributed by atoms with Crippen molar-refractivity contribution in [3.63, 3.8) is 0 Å². The van der Waals surface area contributed by atoms with Crippen molar-refractivity contribution in [3.8, 4) is 0 Å². The largest absolute Gasteiger partial charge is 0.465 e. The second kappa shape index (κ2) is 5.34. The molecule has 1 fully saturated rings. The van der Waals surface area contributed by atoms with Crippen molar-refractivity contribution in [3.05, 3.63) is 33.8 Å². The smallest absolute Gasteiger partial charge is 0.407 e. The molecule has 0 radical (unpaired) electrons. The zero-order chi connectivity index (χ0) is 13.3. The van der Waals surface area contributed by atoms with Crippen molar-refractivity contribution in [2.24, 2.45) is 0 Å². The molecule has 6 heteroatoms. The minimum absolute atomic E-state index is 0.355. The number of hydrogen-bond donors (Lipinski definition) is 2. The molecule has 18 heavy (non-hydrogen) atoms. The van der Waals surface area contributed by atoms with E-state index < -0.39 is 18.2 Å². The molecule has 1 saturated heterocycles. The molecular formula is C12H13Cl2NO3. The molecule has 1 aliphatic heterocycles. The molecule has 2 N–H and O–H groups in total. The average Bonchev–Trinajstić information content (AvgIpc) is 2.81. The zero-order valence-electron chi connectivity index (χ0n) is 9.51. The molecule has 0 spiro atoms. The SMILES string of the molecule is O=C(O)N1CCC[C@H]1C(O)c1ccc(Cl)c(Cl)c1. The number of halogens is 2. The van der Waals surface area contributed by atoms with Gasteiger partial charge in [0.2, 0.25) is 0 Å². The van der Waals surface area contributed by atoms with Gasteiger partial charge < -0.3 is 15.1 Å². The minimum Gasteiger partial charge on any atom is -0.465 e. The van der Waals surface area contributed by atoms with E-state index in [1.54, 1.807) is 18.2 Å². The summed E-state index contributed by atoms with van der Waals surface area (Å²) in [5, 5.41) is 20.1. The summed E-state index contributed by atoms with van der Waals surface area (Å²) in [5.74, 6) is 0. The van der Waals surface area contributed by atoms with Crippen LogP contribution in [0.2, 0.25) is 10.0 Å². The highest BCUT2D eigenvalue weighted by molar-refractivity contribution is 6.42. The molecule has 2 rings (SSSR count). The molecule has 1 aliphatic rings. The Labute approximate surface area is 115 Å². The van der Waals surface area contributed by atoms with E-state index in [0.29, 0.717) is 28.6 Å². The molecule has 0 aliphatic carbocycles. The molecule has 1 aromatic rings. The van der Waals surface area contributed by atoms with Gasteiger partial charge in [0.25, 0.3) is 0 Å². The van der Waals surface area contributed by atoms with Gasteiger partial charge in [-0.2, -0.15) is 0 Å². The Balaban J connectivity index is 2.22. The van der Waals surface area contributed by atoms with Crippen LogP contribution < -0.4 is 0 Å². The average molecular weight is 290 g/mol. The van der Waals surface area contributed by atoms with E-state index in [1.807, 2.05) is 0 Å². The molecule has 0 saturated carbocycles. The lowest BCUT2D eigenvalue weighted by molar-refractivity contribution is 0.0677. The third-order valence-corrected chi connectivity index (χ3v) is 3.93. The summed E-state index contributed by atoms with van der Waals surface area (Å²) in [5.41, 5.74) is 0.586. The molecule has 1 amide bonds. The normalized spacial score (nSPS) is 21.1. The number of hydrogen-bond acceptors (Lipinski definition) is 2. The Bertz CT molecular complexity index is 467. The minimum atomic E-state index is -1.00. The predicted molar refractivity (Wildman–Crippen MR) is 69.2 cm³/mol. The van der Waals surface area contributed by atoms with Crippen LogP contribution in [0.5, 0.6) is 0 Å². The molecule has 1 unspecified atom stereocenters. The lowest BCUT2D eigenvalue weighted by Gasteiger charge is -2.26. The van der Waals surface area contributed by atoms with Gasteiger partial charge in [-0.25, -0.2) is 4.79 Å². The van der Waals surface area contributed by atoms with Gasteiger partial charge in [0.15, 0.2) is 0 Å². The first kappa shape index (κ1) is 13.5. The maximum atomic E-state index is 11.0. The van der Waals surface area contributed by atoms with Crippen molar-refractivity contribution in [2.75, 3.05) is 6.54 Å². The van der Waals surface area contributed by atoms with Crippen molar-refractivity contribution < 1.29 is 15.0 Å². The Kier molecular flexibility index (Phi) is 4.00. The van der Waals surface area contributed by atoms with Crippen molar-refractivity contribution in [2.45, 2.75) is 25.0 Å². The van der Waals surface area contributed by atoms with Crippen LogP contribution in [0, 0.1) is 0 Å². The van der Waals surface area contributed by atoms with Crippen LogP contribution in [0.3, 0.4) is 0 Å². The zero-order valence-corrected chi connectivity index (χ0v) is 11.0. The molecule has 98 valence electrons. The first-order valence-corrected chi connectivity index (χ1v) is 6.39. The molecule has 1 aromatic carbocycles. The van der Waals surface area contributed by atoms with Gasteiger partial charge in [0.05, 0.1) is 22.2 Å². The summed E-state index contributed by atoms with van der Waals surface area (Å²) in [6.07, 6.45) is -0.474. The van der Waals surface area contributed by atoms with Gasteiger partial charge in [-0.05, 0) is 30.5 Å². The topological polar surface area (TPSA) is 60.8 Å². The molecule has 0 bridgehead atoms. The van der Waals surface area contributed by atoms with Crippen LogP contribution >= 0.6 is 23.2 Å². The number of carbonyl (C=O) groups is 1. The van der Waals surface area contributed by atoms with E-state index in [-0.39, 0.29) is 0 Å². The standard InChI is InChI=1S/C12H13Cl2NO3/c13-8-4-3-7(6-9(8)14)11(16)10-2-1-5-15(10)12(17)18/h3-4,6,10-11,16H,1-2,5H2,(H,17,18)/t10-,11?/m0/s1. The summed E-state index contributed by atoms with van der Waals surface area (Å²) >= 11 is 11.7. The number of aliphatic hydroxyl groups excluding tert-OH is 1. The summed E-state index contributed by atoms with van der Waals surface area (Å²) in [7, 11) is 0. The highest BCUT2D eigenvalue weighted by Crippen LogP contribution is 2.32. The van der Waals surface area contributed by atoms with Gasteiger partial charge in [-0.1, -0.05) is 29.3 Å².